The number of carbonyl (C=O) groups excluding carboxylic acids is 2. The molecule has 0 aliphatic carbocycles. The molecule has 0 heterocycles. The average Bonchev–Trinajstić information content (AvgIpc) is 3.06. The van der Waals surface area contributed by atoms with E-state index in [2.05, 4.69) is 5.32 Å². The normalized spacial score (nSPS) is 13.0. The summed E-state index contributed by atoms with van der Waals surface area (Å²) in [6, 6.07) is 20.3. The Hall–Kier alpha value is -3.77. The number of rotatable bonds is 13. The molecule has 266 valence electrons. The molecule has 0 aromatic heterocycles. The number of halogens is 6. The van der Waals surface area contributed by atoms with Crippen LogP contribution in [0.15, 0.2) is 95.9 Å². The van der Waals surface area contributed by atoms with Crippen LogP contribution in [0.25, 0.3) is 0 Å². The van der Waals surface area contributed by atoms with Gasteiger partial charge >= 0.3 is 6.18 Å². The number of sulfonamides is 1. The molecule has 50 heavy (non-hydrogen) atoms. The molecule has 14 heteroatoms. The van der Waals surface area contributed by atoms with Crippen molar-refractivity contribution in [2.45, 2.75) is 63.3 Å². The molecule has 4 aromatic carbocycles. The molecule has 0 aliphatic heterocycles. The second kappa shape index (κ2) is 16.5. The fourth-order valence-electron chi connectivity index (χ4n) is 5.10. The zero-order valence-corrected chi connectivity index (χ0v) is 30.4. The van der Waals surface area contributed by atoms with Crippen LogP contribution >= 0.6 is 34.8 Å². The third-order valence-electron chi connectivity index (χ3n) is 8.09. The molecule has 2 amide bonds. The number of hydrogen-bond acceptors (Lipinski definition) is 4. The fourth-order valence-corrected chi connectivity index (χ4v) is 7.25. The Morgan fingerprint density at radius 3 is 2.06 bits per heavy atom. The largest absolute Gasteiger partial charge is 0.417 e. The lowest BCUT2D eigenvalue weighted by molar-refractivity contribution is -0.140. The minimum atomic E-state index is -4.93. The first-order valence-electron chi connectivity index (χ1n) is 15.6. The molecular weight excluding hydrogens is 734 g/mol. The van der Waals surface area contributed by atoms with Crippen molar-refractivity contribution < 1.29 is 31.2 Å². The highest BCUT2D eigenvalue weighted by Crippen LogP contribution is 2.38. The number of amides is 2. The molecule has 0 radical (unpaired) electrons. The standard InChI is InChI=1S/C36H35Cl3F3N3O4S/c1-4-24(3)43-35(47)33(19-25-9-6-5-7-10-25)44(21-28-30(37)11-8-12-31(28)38)34(46)22-45(50(48,49)27-16-13-23(2)14-17-27)26-15-18-32(39)29(20-26)36(40,41)42/h5-18,20,24,33H,4,19,21-22H2,1-3H3,(H,43,47)/t24-,33-/m1/s1. The van der Waals surface area contributed by atoms with E-state index in [-0.39, 0.29) is 39.5 Å². The third kappa shape index (κ3) is 9.51. The first-order chi connectivity index (χ1) is 23.5. The van der Waals surface area contributed by atoms with E-state index in [4.69, 9.17) is 34.8 Å². The van der Waals surface area contributed by atoms with Crippen molar-refractivity contribution in [3.8, 4) is 0 Å². The molecule has 0 saturated heterocycles. The SMILES string of the molecule is CC[C@@H](C)NC(=O)[C@@H](Cc1ccccc1)N(Cc1c(Cl)cccc1Cl)C(=O)CN(c1ccc(Cl)c(C(F)(F)F)c1)S(=O)(=O)c1ccc(C)cc1. The van der Waals surface area contributed by atoms with Gasteiger partial charge < -0.3 is 10.2 Å². The van der Waals surface area contributed by atoms with Crippen molar-refractivity contribution in [1.82, 2.24) is 10.2 Å². The number of hydrogen-bond donors (Lipinski definition) is 1. The molecule has 0 bridgehead atoms. The second-order valence-electron chi connectivity index (χ2n) is 11.7. The molecule has 4 aromatic rings. The zero-order chi connectivity index (χ0) is 36.8. The molecule has 0 fully saturated rings. The van der Waals surface area contributed by atoms with Crippen LogP contribution in [0.5, 0.6) is 0 Å². The zero-order valence-electron chi connectivity index (χ0n) is 27.3. The summed E-state index contributed by atoms with van der Waals surface area (Å²) in [6.45, 7) is 4.10. The monoisotopic (exact) mass is 767 g/mol. The predicted molar refractivity (Wildman–Crippen MR) is 191 cm³/mol. The van der Waals surface area contributed by atoms with Crippen LogP contribution in [0.3, 0.4) is 0 Å². The van der Waals surface area contributed by atoms with Crippen molar-refractivity contribution in [3.63, 3.8) is 0 Å². The van der Waals surface area contributed by atoms with Crippen molar-refractivity contribution in [1.29, 1.82) is 0 Å². The van der Waals surface area contributed by atoms with Gasteiger partial charge in [-0.2, -0.15) is 13.2 Å². The van der Waals surface area contributed by atoms with Crippen LogP contribution < -0.4 is 9.62 Å². The van der Waals surface area contributed by atoms with Gasteiger partial charge in [-0.05, 0) is 68.3 Å². The summed E-state index contributed by atoms with van der Waals surface area (Å²) in [5.74, 6) is -1.43. The smallest absolute Gasteiger partial charge is 0.352 e. The van der Waals surface area contributed by atoms with Gasteiger partial charge in [0.2, 0.25) is 11.8 Å². The number of carbonyl (C=O) groups is 2. The Morgan fingerprint density at radius 2 is 1.48 bits per heavy atom. The van der Waals surface area contributed by atoms with E-state index in [1.165, 1.54) is 24.3 Å². The summed E-state index contributed by atoms with van der Waals surface area (Å²) in [6.07, 6.45) is -4.34. The van der Waals surface area contributed by atoms with Gasteiger partial charge in [-0.3, -0.25) is 13.9 Å². The lowest BCUT2D eigenvalue weighted by atomic mass is 10.0. The maximum absolute atomic E-state index is 14.6. The summed E-state index contributed by atoms with van der Waals surface area (Å²) in [5, 5.41) is 2.63. The van der Waals surface area contributed by atoms with E-state index in [1.807, 2.05) is 6.92 Å². The van der Waals surface area contributed by atoms with Gasteiger partial charge in [0, 0.05) is 34.6 Å². The Balaban J connectivity index is 1.90. The van der Waals surface area contributed by atoms with Crippen LogP contribution in [0.4, 0.5) is 18.9 Å². The Kier molecular flexibility index (Phi) is 12.9. The summed E-state index contributed by atoms with van der Waals surface area (Å²) < 4.78 is 71.0. The Labute approximate surface area is 305 Å². The lowest BCUT2D eigenvalue weighted by Crippen LogP contribution is -2.54. The number of aryl methyl sites for hydroxylation is 1. The Bertz CT molecular complexity index is 1910. The predicted octanol–water partition coefficient (Wildman–Crippen LogP) is 8.72. The first-order valence-corrected chi connectivity index (χ1v) is 18.1. The maximum Gasteiger partial charge on any atom is 0.417 e. The van der Waals surface area contributed by atoms with E-state index >= 15 is 0 Å². The van der Waals surface area contributed by atoms with Crippen LogP contribution in [0, 0.1) is 6.92 Å². The van der Waals surface area contributed by atoms with Crippen molar-refractivity contribution in [2.75, 3.05) is 10.8 Å². The molecule has 0 saturated carbocycles. The summed E-state index contributed by atoms with van der Waals surface area (Å²) in [4.78, 5) is 29.5. The van der Waals surface area contributed by atoms with E-state index in [9.17, 15) is 31.2 Å². The van der Waals surface area contributed by atoms with Gasteiger partial charge in [0.05, 0.1) is 21.2 Å². The van der Waals surface area contributed by atoms with Gasteiger partial charge in [0.25, 0.3) is 10.0 Å². The molecule has 0 spiro atoms. The van der Waals surface area contributed by atoms with E-state index in [1.54, 1.807) is 62.4 Å². The van der Waals surface area contributed by atoms with Crippen molar-refractivity contribution >= 4 is 62.3 Å². The van der Waals surface area contributed by atoms with Gasteiger partial charge in [0.1, 0.15) is 12.6 Å². The number of anilines is 1. The van der Waals surface area contributed by atoms with Gasteiger partial charge in [-0.1, -0.05) is 95.8 Å². The highest BCUT2D eigenvalue weighted by molar-refractivity contribution is 7.92. The van der Waals surface area contributed by atoms with E-state index in [0.29, 0.717) is 22.4 Å². The topological polar surface area (TPSA) is 86.8 Å². The summed E-state index contributed by atoms with van der Waals surface area (Å²) in [7, 11) is -4.67. The quantitative estimate of drug-likeness (QED) is 0.148. The van der Waals surface area contributed by atoms with Gasteiger partial charge in [-0.15, -0.1) is 0 Å². The molecule has 4 rings (SSSR count). The van der Waals surface area contributed by atoms with E-state index < -0.39 is 56.9 Å². The highest BCUT2D eigenvalue weighted by Gasteiger charge is 2.38. The molecule has 0 unspecified atom stereocenters. The minimum Gasteiger partial charge on any atom is -0.352 e. The molecule has 2 atom stereocenters. The van der Waals surface area contributed by atoms with Crippen LogP contribution in [0.2, 0.25) is 15.1 Å². The van der Waals surface area contributed by atoms with Crippen LogP contribution in [0.1, 0.15) is 42.5 Å². The van der Waals surface area contributed by atoms with Crippen LogP contribution in [-0.4, -0.2) is 43.8 Å². The number of nitrogens with zero attached hydrogens (tertiary/aromatic N) is 2. The third-order valence-corrected chi connectivity index (χ3v) is 10.9. The lowest BCUT2D eigenvalue weighted by Gasteiger charge is -2.34. The van der Waals surface area contributed by atoms with Crippen molar-refractivity contribution in [3.05, 3.63) is 128 Å². The van der Waals surface area contributed by atoms with Crippen LogP contribution in [-0.2, 0) is 38.8 Å². The minimum absolute atomic E-state index is 0.0147. The highest BCUT2D eigenvalue weighted by atomic mass is 35.5. The molecule has 7 nitrogen and oxygen atoms in total. The molecule has 0 aliphatic rings. The summed E-state index contributed by atoms with van der Waals surface area (Å²) >= 11 is 18.9. The summed E-state index contributed by atoms with van der Waals surface area (Å²) in [5.41, 5.74) is -0.0389. The number of benzene rings is 4. The Morgan fingerprint density at radius 1 is 0.860 bits per heavy atom. The van der Waals surface area contributed by atoms with Gasteiger partial charge in [-0.25, -0.2) is 8.42 Å². The molecule has 1 N–H and O–H groups in total. The fraction of sp³-hybridized carbons (Fsp3) is 0.278. The van der Waals surface area contributed by atoms with E-state index in [0.717, 1.165) is 22.6 Å². The molecular formula is C36H35Cl3F3N3O4S. The maximum atomic E-state index is 14.6. The number of nitrogens with one attached hydrogen (secondary N) is 1. The number of alkyl halides is 3. The first kappa shape index (κ1) is 39.0. The average molecular weight is 769 g/mol. The van der Waals surface area contributed by atoms with Gasteiger partial charge in [0.15, 0.2) is 0 Å². The second-order valence-corrected chi connectivity index (χ2v) is 14.8. The van der Waals surface area contributed by atoms with Crippen molar-refractivity contribution in [2.24, 2.45) is 0 Å².